The molecule has 1 rings (SSSR count). The van der Waals surface area contributed by atoms with Gasteiger partial charge in [0.1, 0.15) is 23.0 Å². The van der Waals surface area contributed by atoms with Crippen LogP contribution in [0.1, 0.15) is 31.4 Å². The number of nitriles is 2. The molecule has 0 aliphatic rings. The molecular weight excluding hydrogens is 274 g/mol. The van der Waals surface area contributed by atoms with Crippen molar-refractivity contribution in [3.8, 4) is 12.1 Å². The van der Waals surface area contributed by atoms with Crippen LogP contribution < -0.4 is 11.1 Å². The molecule has 20 heavy (non-hydrogen) atoms. The minimum Gasteiger partial charge on any atom is -0.383 e. The number of pyridine rings is 1. The van der Waals surface area contributed by atoms with E-state index in [0.29, 0.717) is 11.6 Å². The molecule has 1 aromatic rings. The van der Waals surface area contributed by atoms with Crippen LogP contribution in [0.15, 0.2) is 11.1 Å². The van der Waals surface area contributed by atoms with Crippen molar-refractivity contribution in [2.24, 2.45) is 0 Å². The van der Waals surface area contributed by atoms with Crippen LogP contribution in [0.2, 0.25) is 0 Å². The fraction of sp³-hybridized carbons (Fsp3) is 0.385. The van der Waals surface area contributed by atoms with Crippen LogP contribution >= 0.6 is 11.8 Å². The molecule has 0 saturated carbocycles. The van der Waals surface area contributed by atoms with Gasteiger partial charge < -0.3 is 11.1 Å². The van der Waals surface area contributed by atoms with Gasteiger partial charge >= 0.3 is 0 Å². The number of nitrogen functional groups attached to an aromatic ring is 1. The maximum atomic E-state index is 11.8. The molecule has 7 heteroatoms. The number of thioether (sulfide) groups is 1. The van der Waals surface area contributed by atoms with Crippen molar-refractivity contribution in [3.63, 3.8) is 0 Å². The first-order valence-electron chi connectivity index (χ1n) is 6.08. The van der Waals surface area contributed by atoms with Crippen LogP contribution in [-0.4, -0.2) is 22.7 Å². The summed E-state index contributed by atoms with van der Waals surface area (Å²) in [5.74, 6) is -0.0550. The van der Waals surface area contributed by atoms with E-state index in [2.05, 4.69) is 10.3 Å². The summed E-state index contributed by atoms with van der Waals surface area (Å²) in [6.07, 6.45) is 0.856. The van der Waals surface area contributed by atoms with Gasteiger partial charge in [-0.3, -0.25) is 4.79 Å². The summed E-state index contributed by atoms with van der Waals surface area (Å²) in [6, 6.07) is 5.23. The van der Waals surface area contributed by atoms with E-state index in [1.54, 1.807) is 6.92 Å². The summed E-state index contributed by atoms with van der Waals surface area (Å²) >= 11 is 1.15. The summed E-state index contributed by atoms with van der Waals surface area (Å²) in [6.45, 7) is 4.30. The zero-order chi connectivity index (χ0) is 15.1. The molecule has 104 valence electrons. The molecule has 0 radical (unpaired) electrons. The molecular formula is C13H15N5OS. The van der Waals surface area contributed by atoms with Gasteiger partial charge in [0.05, 0.1) is 16.4 Å². The lowest BCUT2D eigenvalue weighted by molar-refractivity contribution is -0.120. The van der Waals surface area contributed by atoms with E-state index in [4.69, 9.17) is 16.3 Å². The van der Waals surface area contributed by atoms with Crippen LogP contribution in [0.3, 0.4) is 0 Å². The smallest absolute Gasteiger partial charge is 0.233 e. The van der Waals surface area contributed by atoms with Crippen molar-refractivity contribution in [2.75, 3.05) is 12.3 Å². The van der Waals surface area contributed by atoms with Crippen LogP contribution in [0.25, 0.3) is 0 Å². The Bertz CT molecular complexity index is 588. The van der Waals surface area contributed by atoms with Crippen molar-refractivity contribution in [1.29, 1.82) is 10.5 Å². The number of carbonyl (C=O) groups excluding carboxylic acids is 1. The number of hydrogen-bond acceptors (Lipinski definition) is 6. The summed E-state index contributed by atoms with van der Waals surface area (Å²) in [5.41, 5.74) is 6.04. The van der Waals surface area contributed by atoms with E-state index in [0.717, 1.165) is 18.2 Å². The average molecular weight is 289 g/mol. The number of rotatable bonds is 5. The van der Waals surface area contributed by atoms with E-state index < -0.39 is 5.25 Å². The summed E-state index contributed by atoms with van der Waals surface area (Å²) < 4.78 is 0. The Morgan fingerprint density at radius 3 is 2.70 bits per heavy atom. The van der Waals surface area contributed by atoms with E-state index in [-0.39, 0.29) is 22.9 Å². The van der Waals surface area contributed by atoms with Crippen molar-refractivity contribution in [3.05, 3.63) is 17.2 Å². The molecule has 6 nitrogen and oxygen atoms in total. The molecule has 0 unspecified atom stereocenters. The molecule has 1 amide bonds. The van der Waals surface area contributed by atoms with Crippen LogP contribution in [0.4, 0.5) is 5.82 Å². The second-order valence-corrected chi connectivity index (χ2v) is 5.38. The van der Waals surface area contributed by atoms with Gasteiger partial charge in [0.2, 0.25) is 5.91 Å². The van der Waals surface area contributed by atoms with Gasteiger partial charge in [-0.2, -0.15) is 10.5 Å². The third kappa shape index (κ3) is 3.87. The van der Waals surface area contributed by atoms with Gasteiger partial charge in [0, 0.05) is 6.54 Å². The summed E-state index contributed by atoms with van der Waals surface area (Å²) in [4.78, 5) is 15.8. The van der Waals surface area contributed by atoms with Gasteiger partial charge in [-0.25, -0.2) is 4.98 Å². The minimum absolute atomic E-state index is 0.0650. The van der Waals surface area contributed by atoms with Crippen molar-refractivity contribution in [2.45, 2.75) is 30.5 Å². The Morgan fingerprint density at radius 1 is 1.50 bits per heavy atom. The Kier molecular flexibility index (Phi) is 5.82. The van der Waals surface area contributed by atoms with E-state index in [1.165, 1.54) is 6.07 Å². The molecule has 0 spiro atoms. The van der Waals surface area contributed by atoms with Gasteiger partial charge in [0.15, 0.2) is 0 Å². The third-order valence-electron chi connectivity index (χ3n) is 2.46. The highest BCUT2D eigenvalue weighted by Crippen LogP contribution is 2.27. The fourth-order valence-electron chi connectivity index (χ4n) is 1.38. The predicted octanol–water partition coefficient (Wildman–Crippen LogP) is 1.41. The third-order valence-corrected chi connectivity index (χ3v) is 3.57. The first kappa shape index (κ1) is 15.8. The standard InChI is InChI=1S/C13H15N5OS/c1-3-4-17-12(19)8(2)20-13-10(7-15)5-9(6-14)11(16)18-13/h5,8H,3-4H2,1-2H3,(H2,16,18)(H,17,19)/t8-/m1/s1. The number of amides is 1. The second kappa shape index (κ2) is 7.37. The highest BCUT2D eigenvalue weighted by atomic mass is 32.2. The lowest BCUT2D eigenvalue weighted by Gasteiger charge is -2.12. The summed E-state index contributed by atoms with van der Waals surface area (Å²) in [5, 5.41) is 20.7. The SMILES string of the molecule is CCCNC(=O)[C@@H](C)Sc1nc(N)c(C#N)cc1C#N. The monoisotopic (exact) mass is 289 g/mol. The first-order valence-corrected chi connectivity index (χ1v) is 6.96. The van der Waals surface area contributed by atoms with Crippen molar-refractivity contribution in [1.82, 2.24) is 10.3 Å². The number of carbonyl (C=O) groups is 1. The molecule has 0 fully saturated rings. The zero-order valence-corrected chi connectivity index (χ0v) is 12.1. The van der Waals surface area contributed by atoms with Gasteiger partial charge in [-0.05, 0) is 19.4 Å². The molecule has 1 atom stereocenters. The second-order valence-electron chi connectivity index (χ2n) is 4.05. The number of hydrogen-bond donors (Lipinski definition) is 2. The predicted molar refractivity (Wildman–Crippen MR) is 76.7 cm³/mol. The highest BCUT2D eigenvalue weighted by molar-refractivity contribution is 8.00. The molecule has 1 heterocycles. The lowest BCUT2D eigenvalue weighted by Crippen LogP contribution is -2.31. The maximum absolute atomic E-state index is 11.8. The van der Waals surface area contributed by atoms with Gasteiger partial charge in [-0.1, -0.05) is 18.7 Å². The minimum atomic E-state index is -0.395. The average Bonchev–Trinajstić information content (AvgIpc) is 2.44. The number of aromatic nitrogens is 1. The molecule has 0 aromatic carbocycles. The number of anilines is 1. The number of nitrogens with one attached hydrogen (secondary N) is 1. The van der Waals surface area contributed by atoms with Gasteiger partial charge in [0.25, 0.3) is 0 Å². The molecule has 0 aliphatic heterocycles. The van der Waals surface area contributed by atoms with E-state index in [1.807, 2.05) is 19.1 Å². The molecule has 0 bridgehead atoms. The van der Waals surface area contributed by atoms with Gasteiger partial charge in [-0.15, -0.1) is 0 Å². The van der Waals surface area contributed by atoms with E-state index in [9.17, 15) is 4.79 Å². The largest absolute Gasteiger partial charge is 0.383 e. The topological polar surface area (TPSA) is 116 Å². The lowest BCUT2D eigenvalue weighted by atomic mass is 10.2. The van der Waals surface area contributed by atoms with Crippen LogP contribution in [0.5, 0.6) is 0 Å². The summed E-state index contributed by atoms with van der Waals surface area (Å²) in [7, 11) is 0. The number of nitrogens with two attached hydrogens (primary N) is 1. The van der Waals surface area contributed by atoms with Crippen molar-refractivity contribution < 1.29 is 4.79 Å². The fourth-order valence-corrected chi connectivity index (χ4v) is 2.29. The highest BCUT2D eigenvalue weighted by Gasteiger charge is 2.18. The first-order chi connectivity index (χ1) is 9.53. The van der Waals surface area contributed by atoms with Crippen LogP contribution in [-0.2, 0) is 4.79 Å². The molecule has 0 aliphatic carbocycles. The van der Waals surface area contributed by atoms with Crippen molar-refractivity contribution >= 4 is 23.5 Å². The Labute approximate surface area is 122 Å². The zero-order valence-electron chi connectivity index (χ0n) is 11.3. The molecule has 0 saturated heterocycles. The maximum Gasteiger partial charge on any atom is 0.233 e. The Balaban J connectivity index is 2.93. The quantitative estimate of drug-likeness (QED) is 0.792. The normalized spacial score (nSPS) is 11.2. The molecule has 1 aromatic heterocycles. The van der Waals surface area contributed by atoms with Crippen LogP contribution in [0, 0.1) is 22.7 Å². The number of nitrogens with zero attached hydrogens (tertiary/aromatic N) is 3. The molecule has 3 N–H and O–H groups in total. The van der Waals surface area contributed by atoms with E-state index >= 15 is 0 Å². The Hall–Kier alpha value is -2.25. The Morgan fingerprint density at radius 2 is 2.15 bits per heavy atom.